The molecule has 0 fully saturated rings. The predicted octanol–water partition coefficient (Wildman–Crippen LogP) is 1.94. The Kier molecular flexibility index (Phi) is 4.50. The van der Waals surface area contributed by atoms with Gasteiger partial charge in [0.05, 0.1) is 0 Å². The number of allylic oxidation sites excluding steroid dienone is 1. The minimum Gasteiger partial charge on any atom is -0.376 e. The maximum absolute atomic E-state index is 10.1. The second kappa shape index (κ2) is 5.93. The number of carbonyl (C=O) groups excluding carboxylic acids is 1. The average molecular weight is 220 g/mol. The molecule has 0 aromatic heterocycles. The number of aldehydes is 1. The van der Waals surface area contributed by atoms with Crippen LogP contribution in [0.1, 0.15) is 12.0 Å². The molecule has 0 unspecified atom stereocenters. The Balaban J connectivity index is 2.63. The van der Waals surface area contributed by atoms with E-state index in [-0.39, 0.29) is 5.11 Å². The van der Waals surface area contributed by atoms with Crippen molar-refractivity contribution >= 4 is 35.4 Å². The molecule has 0 bridgehead atoms. The van der Waals surface area contributed by atoms with Crippen molar-refractivity contribution in [3.05, 3.63) is 35.9 Å². The summed E-state index contributed by atoms with van der Waals surface area (Å²) in [5.41, 5.74) is 7.22. The van der Waals surface area contributed by atoms with E-state index in [0.29, 0.717) is 6.42 Å². The van der Waals surface area contributed by atoms with Gasteiger partial charge < -0.3 is 15.8 Å². The van der Waals surface area contributed by atoms with E-state index in [9.17, 15) is 4.79 Å². The first kappa shape index (κ1) is 11.4. The fourth-order valence-corrected chi connectivity index (χ4v) is 1.20. The molecule has 0 saturated heterocycles. The molecule has 0 saturated carbocycles. The second-order valence-corrected chi connectivity index (χ2v) is 3.36. The van der Waals surface area contributed by atoms with Crippen LogP contribution in [0.25, 0.3) is 6.08 Å². The summed E-state index contributed by atoms with van der Waals surface area (Å²) < 4.78 is 0. The lowest BCUT2D eigenvalue weighted by atomic mass is 10.2. The number of thiocarbonyl (C=S) groups is 1. The van der Waals surface area contributed by atoms with Crippen molar-refractivity contribution in [2.75, 3.05) is 5.32 Å². The molecule has 3 nitrogen and oxygen atoms in total. The van der Waals surface area contributed by atoms with Crippen LogP contribution in [0.2, 0.25) is 0 Å². The van der Waals surface area contributed by atoms with Crippen molar-refractivity contribution in [3.8, 4) is 0 Å². The predicted molar refractivity (Wildman–Crippen MR) is 66.6 cm³/mol. The zero-order valence-corrected chi connectivity index (χ0v) is 8.96. The van der Waals surface area contributed by atoms with Gasteiger partial charge >= 0.3 is 0 Å². The maximum Gasteiger partial charge on any atom is 0.168 e. The van der Waals surface area contributed by atoms with Crippen molar-refractivity contribution in [2.45, 2.75) is 6.42 Å². The zero-order valence-electron chi connectivity index (χ0n) is 8.14. The van der Waals surface area contributed by atoms with Gasteiger partial charge in [0.25, 0.3) is 0 Å². The number of benzene rings is 1. The molecular weight excluding hydrogens is 208 g/mol. The van der Waals surface area contributed by atoms with Gasteiger partial charge in [0.1, 0.15) is 6.29 Å². The van der Waals surface area contributed by atoms with E-state index >= 15 is 0 Å². The summed E-state index contributed by atoms with van der Waals surface area (Å²) in [4.78, 5) is 10.1. The van der Waals surface area contributed by atoms with E-state index in [1.807, 2.05) is 36.4 Å². The quantitative estimate of drug-likeness (QED) is 0.601. The van der Waals surface area contributed by atoms with E-state index in [1.54, 1.807) is 0 Å². The monoisotopic (exact) mass is 220 g/mol. The number of hydrogen-bond acceptors (Lipinski definition) is 2. The lowest BCUT2D eigenvalue weighted by molar-refractivity contribution is -0.107. The van der Waals surface area contributed by atoms with Crippen LogP contribution in [-0.4, -0.2) is 11.4 Å². The minimum absolute atomic E-state index is 0.249. The summed E-state index contributed by atoms with van der Waals surface area (Å²) >= 11 is 4.71. The molecule has 78 valence electrons. The van der Waals surface area contributed by atoms with Crippen molar-refractivity contribution in [3.63, 3.8) is 0 Å². The van der Waals surface area contributed by atoms with Crippen LogP contribution < -0.4 is 11.1 Å². The molecule has 4 heteroatoms. The van der Waals surface area contributed by atoms with Crippen LogP contribution in [-0.2, 0) is 4.79 Å². The topological polar surface area (TPSA) is 55.1 Å². The molecule has 0 amide bonds. The van der Waals surface area contributed by atoms with Gasteiger partial charge in [-0.15, -0.1) is 0 Å². The molecule has 1 aromatic carbocycles. The van der Waals surface area contributed by atoms with Crippen LogP contribution in [0, 0.1) is 0 Å². The van der Waals surface area contributed by atoms with Gasteiger partial charge in [-0.3, -0.25) is 0 Å². The Bertz CT molecular complexity index is 371. The smallest absolute Gasteiger partial charge is 0.168 e. The second-order valence-electron chi connectivity index (χ2n) is 2.92. The Labute approximate surface area is 94.0 Å². The van der Waals surface area contributed by atoms with E-state index in [4.69, 9.17) is 18.0 Å². The third kappa shape index (κ3) is 4.37. The van der Waals surface area contributed by atoms with Crippen molar-refractivity contribution in [1.82, 2.24) is 0 Å². The van der Waals surface area contributed by atoms with Gasteiger partial charge in [0.2, 0.25) is 0 Å². The normalized spacial score (nSPS) is 10.1. The molecule has 0 aliphatic carbocycles. The highest BCUT2D eigenvalue weighted by atomic mass is 32.1. The highest BCUT2D eigenvalue weighted by molar-refractivity contribution is 7.80. The SMILES string of the molecule is NC(=S)Nc1ccc(C=CCC=O)cc1. The van der Waals surface area contributed by atoms with Gasteiger partial charge in [-0.05, 0) is 29.9 Å². The molecule has 3 N–H and O–H groups in total. The van der Waals surface area contributed by atoms with Gasteiger partial charge in [0.15, 0.2) is 5.11 Å². The summed E-state index contributed by atoms with van der Waals surface area (Å²) in [5.74, 6) is 0. The Hall–Kier alpha value is -1.68. The Morgan fingerprint density at radius 2 is 2.07 bits per heavy atom. The van der Waals surface area contributed by atoms with Crippen molar-refractivity contribution < 1.29 is 4.79 Å². The molecule has 0 radical (unpaired) electrons. The number of anilines is 1. The number of carbonyl (C=O) groups is 1. The van der Waals surface area contributed by atoms with E-state index in [0.717, 1.165) is 17.5 Å². The molecule has 0 atom stereocenters. The molecule has 1 aromatic rings. The van der Waals surface area contributed by atoms with Gasteiger partial charge in [-0.25, -0.2) is 0 Å². The van der Waals surface area contributed by atoms with Gasteiger partial charge in [-0.1, -0.05) is 24.3 Å². The number of rotatable bonds is 4. The van der Waals surface area contributed by atoms with Crippen LogP contribution in [0.15, 0.2) is 30.3 Å². The highest BCUT2D eigenvalue weighted by Gasteiger charge is 1.92. The lowest BCUT2D eigenvalue weighted by Gasteiger charge is -2.03. The van der Waals surface area contributed by atoms with E-state index < -0.39 is 0 Å². The van der Waals surface area contributed by atoms with E-state index in [1.165, 1.54) is 0 Å². The van der Waals surface area contributed by atoms with Crippen LogP contribution in [0.4, 0.5) is 5.69 Å². The van der Waals surface area contributed by atoms with Crippen molar-refractivity contribution in [1.29, 1.82) is 0 Å². The summed E-state index contributed by atoms with van der Waals surface area (Å²) in [7, 11) is 0. The standard InChI is InChI=1S/C11H12N2OS/c12-11(15)13-10-6-4-9(5-7-10)3-1-2-8-14/h1,3-8H,2H2,(H3,12,13,15). The molecule has 0 heterocycles. The van der Waals surface area contributed by atoms with Crippen LogP contribution in [0.5, 0.6) is 0 Å². The molecular formula is C11H12N2OS. The van der Waals surface area contributed by atoms with Gasteiger partial charge in [-0.2, -0.15) is 0 Å². The third-order valence-corrected chi connectivity index (χ3v) is 1.82. The minimum atomic E-state index is 0.249. The summed E-state index contributed by atoms with van der Waals surface area (Å²) in [5, 5.41) is 3.08. The van der Waals surface area contributed by atoms with Crippen LogP contribution in [0.3, 0.4) is 0 Å². The molecule has 0 spiro atoms. The summed E-state index contributed by atoms with van der Waals surface area (Å²) in [6, 6.07) is 7.59. The number of nitrogens with two attached hydrogens (primary N) is 1. The van der Waals surface area contributed by atoms with E-state index in [2.05, 4.69) is 5.32 Å². The Morgan fingerprint density at radius 3 is 2.60 bits per heavy atom. The molecule has 15 heavy (non-hydrogen) atoms. The van der Waals surface area contributed by atoms with Crippen LogP contribution >= 0.6 is 12.2 Å². The average Bonchev–Trinajstić information content (AvgIpc) is 2.20. The molecule has 0 aliphatic heterocycles. The number of hydrogen-bond donors (Lipinski definition) is 2. The fraction of sp³-hybridized carbons (Fsp3) is 0.0909. The molecule has 0 aliphatic rings. The Morgan fingerprint density at radius 1 is 1.40 bits per heavy atom. The highest BCUT2D eigenvalue weighted by Crippen LogP contribution is 2.10. The molecule has 1 rings (SSSR count). The van der Waals surface area contributed by atoms with Crippen molar-refractivity contribution in [2.24, 2.45) is 5.73 Å². The first-order chi connectivity index (χ1) is 7.22. The largest absolute Gasteiger partial charge is 0.376 e. The summed E-state index contributed by atoms with van der Waals surface area (Å²) in [6.07, 6.45) is 4.99. The first-order valence-electron chi connectivity index (χ1n) is 4.49. The summed E-state index contributed by atoms with van der Waals surface area (Å²) in [6.45, 7) is 0. The zero-order chi connectivity index (χ0) is 11.1. The maximum atomic E-state index is 10.1. The fourth-order valence-electron chi connectivity index (χ4n) is 1.08. The van der Waals surface area contributed by atoms with Gasteiger partial charge in [0, 0.05) is 12.1 Å². The third-order valence-electron chi connectivity index (χ3n) is 1.72. The lowest BCUT2D eigenvalue weighted by Crippen LogP contribution is -2.18. The first-order valence-corrected chi connectivity index (χ1v) is 4.90. The number of nitrogens with one attached hydrogen (secondary N) is 1.